The maximum absolute atomic E-state index is 11.9. The Bertz CT molecular complexity index is 274. The second-order valence-electron chi connectivity index (χ2n) is 6.54. The fraction of sp³-hybridized carbons (Fsp3) is 0.938. The fourth-order valence-electron chi connectivity index (χ4n) is 3.59. The summed E-state index contributed by atoms with van der Waals surface area (Å²) in [5, 5.41) is 6.63. The molecule has 1 heterocycles. The molecule has 0 aromatic carbocycles. The van der Waals surface area contributed by atoms with Crippen molar-refractivity contribution in [1.29, 1.82) is 0 Å². The van der Waals surface area contributed by atoms with Crippen molar-refractivity contribution in [2.24, 2.45) is 5.92 Å². The molecule has 1 saturated heterocycles. The Balaban J connectivity index is 1.56. The van der Waals surface area contributed by atoms with Crippen LogP contribution in [0.4, 0.5) is 0 Å². The van der Waals surface area contributed by atoms with Crippen molar-refractivity contribution >= 4 is 5.91 Å². The Hall–Kier alpha value is -0.570. The van der Waals surface area contributed by atoms with Crippen molar-refractivity contribution < 1.29 is 4.79 Å². The smallest absolute Gasteiger partial charge is 0.220 e. The molecule has 2 atom stereocenters. The summed E-state index contributed by atoms with van der Waals surface area (Å²) < 4.78 is 0. The highest BCUT2D eigenvalue weighted by atomic mass is 16.1. The summed E-state index contributed by atoms with van der Waals surface area (Å²) in [5.74, 6) is 1.18. The van der Waals surface area contributed by atoms with Crippen molar-refractivity contribution in [3.05, 3.63) is 0 Å². The number of hydrogen-bond donors (Lipinski definition) is 2. The van der Waals surface area contributed by atoms with Crippen LogP contribution in [0.2, 0.25) is 0 Å². The van der Waals surface area contributed by atoms with Gasteiger partial charge in [0.1, 0.15) is 0 Å². The van der Waals surface area contributed by atoms with E-state index in [9.17, 15) is 4.79 Å². The van der Waals surface area contributed by atoms with Crippen molar-refractivity contribution in [2.45, 2.75) is 83.2 Å². The first-order chi connectivity index (χ1) is 9.24. The van der Waals surface area contributed by atoms with Crippen LogP contribution in [-0.2, 0) is 4.79 Å². The lowest BCUT2D eigenvalue weighted by atomic mass is 9.86. The lowest BCUT2D eigenvalue weighted by Crippen LogP contribution is -2.46. The van der Waals surface area contributed by atoms with Crippen molar-refractivity contribution in [3.8, 4) is 0 Å². The van der Waals surface area contributed by atoms with Gasteiger partial charge in [0.2, 0.25) is 5.91 Å². The molecular weight excluding hydrogens is 236 g/mol. The number of rotatable bonds is 5. The quantitative estimate of drug-likeness (QED) is 0.803. The number of piperidine rings is 1. The first-order valence-corrected chi connectivity index (χ1v) is 8.27. The van der Waals surface area contributed by atoms with Crippen LogP contribution in [0.3, 0.4) is 0 Å². The number of amides is 1. The molecule has 2 N–H and O–H groups in total. The van der Waals surface area contributed by atoms with Gasteiger partial charge >= 0.3 is 0 Å². The van der Waals surface area contributed by atoms with E-state index in [1.807, 2.05) is 0 Å². The Morgan fingerprint density at radius 3 is 2.74 bits per heavy atom. The topological polar surface area (TPSA) is 41.1 Å². The van der Waals surface area contributed by atoms with E-state index < -0.39 is 0 Å². The summed E-state index contributed by atoms with van der Waals surface area (Å²) in [6, 6.07) is 0.944. The molecule has 0 bridgehead atoms. The Morgan fingerprint density at radius 1 is 1.21 bits per heavy atom. The molecule has 3 nitrogen and oxygen atoms in total. The highest BCUT2D eigenvalue weighted by molar-refractivity contribution is 5.76. The fourth-order valence-corrected chi connectivity index (χ4v) is 3.59. The van der Waals surface area contributed by atoms with Crippen LogP contribution in [0.25, 0.3) is 0 Å². The van der Waals surface area contributed by atoms with E-state index in [1.54, 1.807) is 0 Å². The lowest BCUT2D eigenvalue weighted by Gasteiger charge is -2.28. The van der Waals surface area contributed by atoms with Crippen LogP contribution in [0.5, 0.6) is 0 Å². The van der Waals surface area contributed by atoms with Gasteiger partial charge in [0.05, 0.1) is 0 Å². The van der Waals surface area contributed by atoms with Gasteiger partial charge in [0, 0.05) is 18.5 Å². The zero-order chi connectivity index (χ0) is 13.5. The predicted octanol–water partition coefficient (Wildman–Crippen LogP) is 2.99. The maximum atomic E-state index is 11.9. The van der Waals surface area contributed by atoms with Gasteiger partial charge in [-0.2, -0.15) is 0 Å². The largest absolute Gasteiger partial charge is 0.353 e. The van der Waals surface area contributed by atoms with E-state index in [0.29, 0.717) is 12.1 Å². The average Bonchev–Trinajstić information content (AvgIpc) is 2.40. The minimum atomic E-state index is 0.273. The molecule has 2 rings (SSSR count). The SMILES string of the molecule is CC1CC(NC(=O)CCCC2CCCCC2)CCN1. The molecule has 110 valence electrons. The van der Waals surface area contributed by atoms with Gasteiger partial charge in [-0.1, -0.05) is 32.1 Å². The van der Waals surface area contributed by atoms with Crippen molar-refractivity contribution in [2.75, 3.05) is 6.54 Å². The predicted molar refractivity (Wildman–Crippen MR) is 79.1 cm³/mol. The second-order valence-corrected chi connectivity index (χ2v) is 6.54. The zero-order valence-electron chi connectivity index (χ0n) is 12.4. The monoisotopic (exact) mass is 266 g/mol. The van der Waals surface area contributed by atoms with Crippen LogP contribution in [0.1, 0.15) is 71.1 Å². The third-order valence-electron chi connectivity index (χ3n) is 4.73. The molecule has 0 aromatic heterocycles. The molecular formula is C16H30N2O. The molecule has 3 heteroatoms. The zero-order valence-corrected chi connectivity index (χ0v) is 12.4. The van der Waals surface area contributed by atoms with Crippen molar-refractivity contribution in [1.82, 2.24) is 10.6 Å². The third-order valence-corrected chi connectivity index (χ3v) is 4.73. The summed E-state index contributed by atoms with van der Waals surface area (Å²) in [4.78, 5) is 11.9. The molecule has 2 unspecified atom stereocenters. The van der Waals surface area contributed by atoms with E-state index in [2.05, 4.69) is 17.6 Å². The lowest BCUT2D eigenvalue weighted by molar-refractivity contribution is -0.122. The summed E-state index contributed by atoms with van der Waals surface area (Å²) in [5.41, 5.74) is 0. The molecule has 1 aliphatic heterocycles. The first-order valence-electron chi connectivity index (χ1n) is 8.27. The normalized spacial score (nSPS) is 29.1. The number of carbonyl (C=O) groups excluding carboxylic acids is 1. The number of carbonyl (C=O) groups is 1. The van der Waals surface area contributed by atoms with Gasteiger partial charge < -0.3 is 10.6 Å². The van der Waals surface area contributed by atoms with Crippen LogP contribution in [0.15, 0.2) is 0 Å². The van der Waals surface area contributed by atoms with E-state index in [4.69, 9.17) is 0 Å². The van der Waals surface area contributed by atoms with Gasteiger partial charge in [-0.15, -0.1) is 0 Å². The minimum Gasteiger partial charge on any atom is -0.353 e. The standard InChI is InChI=1S/C16H30N2O/c1-13-12-15(10-11-17-13)18-16(19)9-5-8-14-6-3-2-4-7-14/h13-15,17H,2-12H2,1H3,(H,18,19). The highest BCUT2D eigenvalue weighted by Gasteiger charge is 2.20. The molecule has 0 spiro atoms. The highest BCUT2D eigenvalue weighted by Crippen LogP contribution is 2.27. The third kappa shape index (κ3) is 5.52. The van der Waals surface area contributed by atoms with E-state index in [-0.39, 0.29) is 5.91 Å². The van der Waals surface area contributed by atoms with E-state index in [0.717, 1.165) is 38.1 Å². The summed E-state index contributed by atoms with van der Waals surface area (Å²) >= 11 is 0. The molecule has 0 aromatic rings. The molecule has 1 saturated carbocycles. The molecule has 1 amide bonds. The van der Waals surface area contributed by atoms with E-state index >= 15 is 0 Å². The molecule has 2 fully saturated rings. The summed E-state index contributed by atoms with van der Waals surface area (Å²) in [6.45, 7) is 3.23. The minimum absolute atomic E-state index is 0.273. The van der Waals surface area contributed by atoms with Gasteiger partial charge in [-0.3, -0.25) is 4.79 Å². The molecule has 19 heavy (non-hydrogen) atoms. The Kier molecular flexibility index (Phi) is 6.15. The van der Waals surface area contributed by atoms with Gasteiger partial charge in [-0.05, 0) is 45.1 Å². The molecule has 1 aliphatic carbocycles. The van der Waals surface area contributed by atoms with Crippen LogP contribution >= 0.6 is 0 Å². The van der Waals surface area contributed by atoms with Gasteiger partial charge in [0.15, 0.2) is 0 Å². The van der Waals surface area contributed by atoms with Crippen molar-refractivity contribution in [3.63, 3.8) is 0 Å². The maximum Gasteiger partial charge on any atom is 0.220 e. The summed E-state index contributed by atoms with van der Waals surface area (Å²) in [6.07, 6.45) is 12.3. The number of nitrogens with one attached hydrogen (secondary N) is 2. The molecule has 2 aliphatic rings. The molecule has 0 radical (unpaired) electrons. The van der Waals surface area contributed by atoms with Gasteiger partial charge in [-0.25, -0.2) is 0 Å². The second kappa shape index (κ2) is 7.88. The van der Waals surface area contributed by atoms with Crippen LogP contribution in [0, 0.1) is 5.92 Å². The van der Waals surface area contributed by atoms with Crippen LogP contribution in [-0.4, -0.2) is 24.5 Å². The van der Waals surface area contributed by atoms with Gasteiger partial charge in [0.25, 0.3) is 0 Å². The Morgan fingerprint density at radius 2 is 2.00 bits per heavy atom. The number of hydrogen-bond acceptors (Lipinski definition) is 2. The first kappa shape index (κ1) is 14.8. The van der Waals surface area contributed by atoms with E-state index in [1.165, 1.54) is 38.5 Å². The Labute approximate surface area is 117 Å². The average molecular weight is 266 g/mol. The van der Waals surface area contributed by atoms with Crippen LogP contribution < -0.4 is 10.6 Å². The summed E-state index contributed by atoms with van der Waals surface area (Å²) in [7, 11) is 0.